The first-order valence-electron chi connectivity index (χ1n) is 5.86. The fraction of sp³-hybridized carbons (Fsp3) is 0.429. The molecule has 0 bridgehead atoms. The van der Waals surface area contributed by atoms with Gasteiger partial charge in [-0.15, -0.1) is 0 Å². The van der Waals surface area contributed by atoms with E-state index in [1.54, 1.807) is 33.8 Å². The van der Waals surface area contributed by atoms with Gasteiger partial charge in [0.25, 0.3) is 0 Å². The molecule has 0 radical (unpaired) electrons. The SMILES string of the molecule is Cc1cc(C#CCNC(=O)OC(C)(C)C)cnc1F. The third-order valence-corrected chi connectivity index (χ3v) is 1.97. The zero-order valence-electron chi connectivity index (χ0n) is 11.5. The van der Waals surface area contributed by atoms with Crippen LogP contribution in [0.5, 0.6) is 0 Å². The molecule has 1 rings (SSSR count). The quantitative estimate of drug-likeness (QED) is 0.626. The van der Waals surface area contributed by atoms with Gasteiger partial charge < -0.3 is 10.1 Å². The average Bonchev–Trinajstić information content (AvgIpc) is 2.27. The van der Waals surface area contributed by atoms with Crippen LogP contribution in [-0.2, 0) is 4.74 Å². The third-order valence-electron chi connectivity index (χ3n) is 1.97. The van der Waals surface area contributed by atoms with Gasteiger partial charge in [0, 0.05) is 17.3 Å². The van der Waals surface area contributed by atoms with Crippen LogP contribution < -0.4 is 5.32 Å². The molecule has 1 heterocycles. The summed E-state index contributed by atoms with van der Waals surface area (Å²) in [5, 5.41) is 2.51. The van der Waals surface area contributed by atoms with Crippen LogP contribution in [0.3, 0.4) is 0 Å². The summed E-state index contributed by atoms with van der Waals surface area (Å²) in [5.74, 6) is 5.02. The number of carbonyl (C=O) groups is 1. The number of carbonyl (C=O) groups excluding carboxylic acids is 1. The number of alkyl carbamates (subject to hydrolysis) is 1. The minimum absolute atomic E-state index is 0.158. The van der Waals surface area contributed by atoms with E-state index in [-0.39, 0.29) is 6.54 Å². The van der Waals surface area contributed by atoms with Gasteiger partial charge in [-0.05, 0) is 33.8 Å². The van der Waals surface area contributed by atoms with Crippen molar-refractivity contribution in [2.75, 3.05) is 6.54 Å². The Labute approximate surface area is 112 Å². The molecule has 0 fully saturated rings. The number of ether oxygens (including phenoxy) is 1. The molecule has 102 valence electrons. The predicted octanol–water partition coefficient (Wildman–Crippen LogP) is 2.41. The number of nitrogens with one attached hydrogen (secondary N) is 1. The lowest BCUT2D eigenvalue weighted by molar-refractivity contribution is 0.0535. The first kappa shape index (κ1) is 15.0. The Balaban J connectivity index is 2.47. The molecule has 0 aliphatic carbocycles. The van der Waals surface area contributed by atoms with Crippen molar-refractivity contribution in [2.45, 2.75) is 33.3 Å². The molecular formula is C14H17FN2O2. The molecule has 1 amide bonds. The van der Waals surface area contributed by atoms with E-state index < -0.39 is 17.6 Å². The van der Waals surface area contributed by atoms with Crippen LogP contribution in [0.1, 0.15) is 31.9 Å². The first-order valence-corrected chi connectivity index (χ1v) is 5.86. The van der Waals surface area contributed by atoms with Gasteiger partial charge >= 0.3 is 6.09 Å². The molecule has 19 heavy (non-hydrogen) atoms. The van der Waals surface area contributed by atoms with Crippen LogP contribution in [0.2, 0.25) is 0 Å². The lowest BCUT2D eigenvalue weighted by Crippen LogP contribution is -2.32. The van der Waals surface area contributed by atoms with E-state index in [0.717, 1.165) is 0 Å². The molecule has 5 heteroatoms. The van der Waals surface area contributed by atoms with Gasteiger partial charge in [0.15, 0.2) is 0 Å². The summed E-state index contributed by atoms with van der Waals surface area (Å²) in [6, 6.07) is 1.60. The van der Waals surface area contributed by atoms with Gasteiger partial charge in [0.2, 0.25) is 5.95 Å². The molecule has 1 N–H and O–H groups in total. The van der Waals surface area contributed by atoms with Gasteiger partial charge in [0.05, 0.1) is 6.54 Å². The highest BCUT2D eigenvalue weighted by molar-refractivity contribution is 5.68. The molecule has 0 saturated carbocycles. The van der Waals surface area contributed by atoms with E-state index in [0.29, 0.717) is 11.1 Å². The zero-order chi connectivity index (χ0) is 14.5. The fourth-order valence-corrected chi connectivity index (χ4v) is 1.20. The van der Waals surface area contributed by atoms with E-state index >= 15 is 0 Å². The standard InChI is InChI=1S/C14H17FN2O2/c1-10-8-11(9-17-12(10)15)6-5-7-16-13(18)19-14(2,3)4/h8-9H,7H2,1-4H3,(H,16,18). The smallest absolute Gasteiger partial charge is 0.408 e. The van der Waals surface area contributed by atoms with E-state index in [9.17, 15) is 9.18 Å². The lowest BCUT2D eigenvalue weighted by atomic mass is 10.2. The normalized spacial score (nSPS) is 10.4. The van der Waals surface area contributed by atoms with E-state index in [1.165, 1.54) is 6.20 Å². The van der Waals surface area contributed by atoms with Crippen LogP contribution in [0.25, 0.3) is 0 Å². The van der Waals surface area contributed by atoms with Crippen LogP contribution in [0.4, 0.5) is 9.18 Å². The fourth-order valence-electron chi connectivity index (χ4n) is 1.20. The predicted molar refractivity (Wildman–Crippen MR) is 70.0 cm³/mol. The minimum atomic E-state index is -0.532. The Morgan fingerprint density at radius 2 is 2.21 bits per heavy atom. The second kappa shape index (κ2) is 6.19. The number of nitrogens with zero attached hydrogens (tertiary/aromatic N) is 1. The van der Waals surface area contributed by atoms with Crippen LogP contribution >= 0.6 is 0 Å². The molecule has 1 aromatic rings. The van der Waals surface area contributed by atoms with Crippen LogP contribution in [0, 0.1) is 24.7 Å². The summed E-state index contributed by atoms with van der Waals surface area (Å²) in [6.07, 6.45) is 0.832. The monoisotopic (exact) mass is 264 g/mol. The Hall–Kier alpha value is -2.09. The van der Waals surface area contributed by atoms with E-state index in [4.69, 9.17) is 4.74 Å². The van der Waals surface area contributed by atoms with Gasteiger partial charge in [-0.3, -0.25) is 0 Å². The molecule has 0 spiro atoms. The number of amides is 1. The van der Waals surface area contributed by atoms with Crippen molar-refractivity contribution in [1.29, 1.82) is 0 Å². The van der Waals surface area contributed by atoms with E-state index in [2.05, 4.69) is 22.1 Å². The number of halogens is 1. The van der Waals surface area contributed by atoms with Crippen molar-refractivity contribution < 1.29 is 13.9 Å². The highest BCUT2D eigenvalue weighted by Crippen LogP contribution is 2.06. The van der Waals surface area contributed by atoms with Crippen molar-refractivity contribution >= 4 is 6.09 Å². The number of pyridine rings is 1. The molecule has 0 atom stereocenters. The van der Waals surface area contributed by atoms with Crippen molar-refractivity contribution in [1.82, 2.24) is 10.3 Å². The Bertz CT molecular complexity index is 524. The molecule has 0 unspecified atom stereocenters. The van der Waals surface area contributed by atoms with E-state index in [1.807, 2.05) is 0 Å². The number of hydrogen-bond donors (Lipinski definition) is 1. The second-order valence-electron chi connectivity index (χ2n) is 4.99. The first-order chi connectivity index (χ1) is 8.78. The lowest BCUT2D eigenvalue weighted by Gasteiger charge is -2.18. The van der Waals surface area contributed by atoms with Crippen molar-refractivity contribution in [2.24, 2.45) is 0 Å². The van der Waals surface area contributed by atoms with Gasteiger partial charge in [-0.1, -0.05) is 11.8 Å². The topological polar surface area (TPSA) is 51.2 Å². The molecule has 0 aliphatic heterocycles. The number of aryl methyl sites for hydroxylation is 1. The number of hydrogen-bond acceptors (Lipinski definition) is 3. The maximum Gasteiger partial charge on any atom is 0.408 e. The zero-order valence-corrected chi connectivity index (χ0v) is 11.5. The third kappa shape index (κ3) is 5.87. The van der Waals surface area contributed by atoms with Gasteiger partial charge in [0.1, 0.15) is 5.60 Å². The molecule has 4 nitrogen and oxygen atoms in total. The summed E-state index contributed by atoms with van der Waals surface area (Å²) >= 11 is 0. The van der Waals surface area contributed by atoms with Gasteiger partial charge in [-0.2, -0.15) is 4.39 Å². The average molecular weight is 264 g/mol. The van der Waals surface area contributed by atoms with Crippen molar-refractivity contribution in [3.05, 3.63) is 29.3 Å². The summed E-state index contributed by atoms with van der Waals surface area (Å²) in [5.41, 5.74) is 0.506. The van der Waals surface area contributed by atoms with Crippen LogP contribution in [0.15, 0.2) is 12.3 Å². The highest BCUT2D eigenvalue weighted by Gasteiger charge is 2.14. The molecule has 0 aliphatic rings. The van der Waals surface area contributed by atoms with Gasteiger partial charge in [-0.25, -0.2) is 9.78 Å². The minimum Gasteiger partial charge on any atom is -0.444 e. The van der Waals surface area contributed by atoms with Crippen LogP contribution in [-0.4, -0.2) is 23.2 Å². The summed E-state index contributed by atoms with van der Waals surface area (Å²) in [4.78, 5) is 14.9. The van der Waals surface area contributed by atoms with Crippen molar-refractivity contribution in [3.63, 3.8) is 0 Å². The van der Waals surface area contributed by atoms with Crippen molar-refractivity contribution in [3.8, 4) is 11.8 Å². The maximum atomic E-state index is 12.9. The summed E-state index contributed by atoms with van der Waals surface area (Å²) < 4.78 is 18.0. The molecule has 0 aromatic carbocycles. The molecule has 1 aromatic heterocycles. The number of aromatic nitrogens is 1. The Morgan fingerprint density at radius 1 is 1.53 bits per heavy atom. The molecular weight excluding hydrogens is 247 g/mol. The highest BCUT2D eigenvalue weighted by atomic mass is 19.1. The second-order valence-corrected chi connectivity index (χ2v) is 4.99. The Morgan fingerprint density at radius 3 is 2.79 bits per heavy atom. The molecule has 0 saturated heterocycles. The summed E-state index contributed by atoms with van der Waals surface area (Å²) in [6.45, 7) is 7.12. The largest absolute Gasteiger partial charge is 0.444 e. The summed E-state index contributed by atoms with van der Waals surface area (Å²) in [7, 11) is 0. The Kier molecular flexibility index (Phi) is 4.87. The maximum absolute atomic E-state index is 12.9. The number of rotatable bonds is 1.